The summed E-state index contributed by atoms with van der Waals surface area (Å²) in [5, 5.41) is 4.43. The predicted molar refractivity (Wildman–Crippen MR) is 117 cm³/mol. The molecule has 3 rings (SSSR count). The lowest BCUT2D eigenvalue weighted by molar-refractivity contribution is 1.31. The maximum Gasteiger partial charge on any atom is 0.145 e. The Hall–Kier alpha value is -1.91. The third-order valence-corrected chi connectivity index (χ3v) is 10.9. The molecule has 0 aromatic heterocycles. The van der Waals surface area contributed by atoms with Crippen LogP contribution in [0.3, 0.4) is 0 Å². The van der Waals surface area contributed by atoms with Crippen LogP contribution < -0.4 is 15.6 Å². The van der Waals surface area contributed by atoms with Crippen molar-refractivity contribution in [2.24, 2.45) is 0 Å². The molecule has 0 atom stereocenters. The third-order valence-electron chi connectivity index (χ3n) is 4.97. The molecule has 3 aromatic carbocycles. The van der Waals surface area contributed by atoms with Crippen LogP contribution in [0.15, 0.2) is 84.9 Å². The molecule has 0 spiro atoms. The first kappa shape index (κ1) is 17.9. The maximum absolute atomic E-state index is 2.48. The molecule has 0 aliphatic heterocycles. The molecule has 0 heterocycles. The summed E-state index contributed by atoms with van der Waals surface area (Å²) in [7, 11) is -3.03. The molecule has 0 unspecified atom stereocenters. The Morgan fingerprint density at radius 1 is 0.520 bits per heavy atom. The molecule has 0 radical (unpaired) electrons. The van der Waals surface area contributed by atoms with E-state index in [1.165, 1.54) is 27.2 Å². The van der Waals surface area contributed by atoms with E-state index in [2.05, 4.69) is 111 Å². The lowest BCUT2D eigenvalue weighted by Crippen LogP contribution is -2.64. The monoisotopic (exact) mass is 360 g/mol. The van der Waals surface area contributed by atoms with Gasteiger partial charge in [-0.1, -0.05) is 117 Å². The normalized spacial score (nSPS) is 12.2. The van der Waals surface area contributed by atoms with E-state index < -0.39 is 16.1 Å². The predicted octanol–water partition coefficient (Wildman–Crippen LogP) is 4.21. The lowest BCUT2D eigenvalue weighted by atomic mass is 10.2. The van der Waals surface area contributed by atoms with Crippen LogP contribution in [0.25, 0.3) is 0 Å². The van der Waals surface area contributed by atoms with Crippen molar-refractivity contribution in [3.05, 3.63) is 90.5 Å². The quantitative estimate of drug-likeness (QED) is 0.472. The standard InChI is InChI=1S/C23H28Si2/c1-24(2,3)19-20-15-17-23(18-16-20)25(4,21-11-7-5-8-12-21)22-13-9-6-10-14-22/h5-18H,19H2,1-4H3. The van der Waals surface area contributed by atoms with Gasteiger partial charge in [0.15, 0.2) is 0 Å². The van der Waals surface area contributed by atoms with Crippen molar-refractivity contribution >= 4 is 31.7 Å². The van der Waals surface area contributed by atoms with Crippen LogP contribution in [0.5, 0.6) is 0 Å². The van der Waals surface area contributed by atoms with Crippen LogP contribution >= 0.6 is 0 Å². The number of rotatable bonds is 5. The number of hydrogen-bond donors (Lipinski definition) is 0. The summed E-state index contributed by atoms with van der Waals surface area (Å²) in [5.74, 6) is 0. The van der Waals surface area contributed by atoms with Gasteiger partial charge in [-0.25, -0.2) is 0 Å². The van der Waals surface area contributed by atoms with Crippen LogP contribution in [0.4, 0.5) is 0 Å². The van der Waals surface area contributed by atoms with E-state index >= 15 is 0 Å². The molecule has 3 aromatic rings. The van der Waals surface area contributed by atoms with Crippen molar-refractivity contribution in [3.8, 4) is 0 Å². The van der Waals surface area contributed by atoms with Crippen molar-refractivity contribution < 1.29 is 0 Å². The first-order chi connectivity index (χ1) is 11.9. The molecule has 0 aliphatic rings. The van der Waals surface area contributed by atoms with E-state index in [-0.39, 0.29) is 0 Å². The molecule has 0 fully saturated rings. The molecule has 0 saturated heterocycles. The van der Waals surface area contributed by atoms with Gasteiger partial charge in [-0.2, -0.15) is 0 Å². The minimum absolute atomic E-state index is 1.08. The average Bonchev–Trinajstić information content (AvgIpc) is 2.62. The Kier molecular flexibility index (Phi) is 5.12. The van der Waals surface area contributed by atoms with Gasteiger partial charge in [-0.3, -0.25) is 0 Å². The SMILES string of the molecule is C[Si](C)(C)Cc1ccc([Si](C)(c2ccccc2)c2ccccc2)cc1. The van der Waals surface area contributed by atoms with E-state index in [1.54, 1.807) is 0 Å². The molecular formula is C23H28Si2. The number of hydrogen-bond acceptors (Lipinski definition) is 0. The zero-order valence-corrected chi connectivity index (χ0v) is 17.8. The van der Waals surface area contributed by atoms with Crippen molar-refractivity contribution in [2.75, 3.05) is 0 Å². The van der Waals surface area contributed by atoms with Gasteiger partial charge in [0.1, 0.15) is 8.07 Å². The smallest absolute Gasteiger partial charge is 0.0693 e. The van der Waals surface area contributed by atoms with Crippen LogP contribution in [0.2, 0.25) is 26.2 Å². The van der Waals surface area contributed by atoms with Crippen molar-refractivity contribution in [2.45, 2.75) is 32.2 Å². The molecule has 0 amide bonds. The maximum atomic E-state index is 2.48. The fourth-order valence-corrected chi connectivity index (χ4v) is 8.62. The first-order valence-corrected chi connectivity index (χ1v) is 15.3. The van der Waals surface area contributed by atoms with Gasteiger partial charge < -0.3 is 0 Å². The van der Waals surface area contributed by atoms with Crippen molar-refractivity contribution in [1.29, 1.82) is 0 Å². The highest BCUT2D eigenvalue weighted by atomic mass is 28.3. The molecule has 0 aliphatic carbocycles. The molecular weight excluding hydrogens is 332 g/mol. The van der Waals surface area contributed by atoms with Gasteiger partial charge in [0.25, 0.3) is 0 Å². The van der Waals surface area contributed by atoms with Crippen LogP contribution in [-0.2, 0) is 6.04 Å². The second kappa shape index (κ2) is 7.14. The Bertz CT molecular complexity index is 761. The summed E-state index contributed by atoms with van der Waals surface area (Å²) in [4.78, 5) is 0. The van der Waals surface area contributed by atoms with Gasteiger partial charge in [-0.05, 0) is 21.6 Å². The van der Waals surface area contributed by atoms with Gasteiger partial charge in [0, 0.05) is 8.07 Å². The van der Waals surface area contributed by atoms with Crippen LogP contribution in [0, 0.1) is 0 Å². The Morgan fingerprint density at radius 2 is 0.920 bits per heavy atom. The molecule has 2 heteroatoms. The van der Waals surface area contributed by atoms with Gasteiger partial charge in [0.05, 0.1) is 0 Å². The molecule has 128 valence electrons. The van der Waals surface area contributed by atoms with E-state index in [4.69, 9.17) is 0 Å². The highest BCUT2D eigenvalue weighted by Crippen LogP contribution is 2.13. The zero-order valence-electron chi connectivity index (χ0n) is 15.8. The van der Waals surface area contributed by atoms with Gasteiger partial charge in [-0.15, -0.1) is 0 Å². The highest BCUT2D eigenvalue weighted by Gasteiger charge is 2.33. The van der Waals surface area contributed by atoms with Crippen molar-refractivity contribution in [1.82, 2.24) is 0 Å². The summed E-state index contributed by atoms with van der Waals surface area (Å²) < 4.78 is 0. The largest absolute Gasteiger partial charge is 0.145 e. The summed E-state index contributed by atoms with van der Waals surface area (Å²) in [6, 6.07) is 32.9. The Morgan fingerprint density at radius 3 is 1.32 bits per heavy atom. The zero-order chi connectivity index (χ0) is 17.9. The Labute approximate surface area is 154 Å². The number of benzene rings is 3. The van der Waals surface area contributed by atoms with Gasteiger partial charge in [0.2, 0.25) is 0 Å². The molecule has 0 nitrogen and oxygen atoms in total. The fourth-order valence-electron chi connectivity index (χ4n) is 3.61. The topological polar surface area (TPSA) is 0 Å². The summed E-state index contributed by atoms with van der Waals surface area (Å²) in [5.41, 5.74) is 1.49. The van der Waals surface area contributed by atoms with E-state index in [0.717, 1.165) is 0 Å². The molecule has 0 N–H and O–H groups in total. The van der Waals surface area contributed by atoms with Gasteiger partial charge >= 0.3 is 0 Å². The van der Waals surface area contributed by atoms with E-state index in [1.807, 2.05) is 0 Å². The van der Waals surface area contributed by atoms with Crippen LogP contribution in [0.1, 0.15) is 5.56 Å². The summed E-state index contributed by atoms with van der Waals surface area (Å²) in [6.07, 6.45) is 0. The third kappa shape index (κ3) is 4.02. The summed E-state index contributed by atoms with van der Waals surface area (Å²) >= 11 is 0. The molecule has 0 bridgehead atoms. The second-order valence-corrected chi connectivity index (χ2v) is 17.7. The van der Waals surface area contributed by atoms with E-state index in [9.17, 15) is 0 Å². The van der Waals surface area contributed by atoms with Crippen molar-refractivity contribution in [3.63, 3.8) is 0 Å². The summed E-state index contributed by atoms with van der Waals surface area (Å²) in [6.45, 7) is 9.79. The molecule has 0 saturated carbocycles. The minimum atomic E-state index is -1.95. The fraction of sp³-hybridized carbons (Fsp3) is 0.217. The lowest BCUT2D eigenvalue weighted by Gasteiger charge is -2.30. The highest BCUT2D eigenvalue weighted by molar-refractivity contribution is 7.10. The molecule has 25 heavy (non-hydrogen) atoms. The van der Waals surface area contributed by atoms with E-state index in [0.29, 0.717) is 0 Å². The minimum Gasteiger partial charge on any atom is -0.0693 e. The second-order valence-electron chi connectivity index (χ2n) is 8.29. The first-order valence-electron chi connectivity index (χ1n) is 9.10. The average molecular weight is 361 g/mol. The Balaban J connectivity index is 2.07. The van der Waals surface area contributed by atoms with Crippen LogP contribution in [-0.4, -0.2) is 16.1 Å².